The van der Waals surface area contributed by atoms with Crippen LogP contribution in [0.3, 0.4) is 0 Å². The minimum Gasteiger partial charge on any atom is -0.466 e. The normalized spacial score (nSPS) is 13.3. The topological polar surface area (TPSA) is 198 Å². The molecule has 0 radical (unpaired) electrons. The Morgan fingerprint density at radius 1 is 0.625 bits per heavy atom. The molecule has 0 aliphatic rings. The quantitative estimate of drug-likeness (QED) is 0.01000. The van der Waals surface area contributed by atoms with E-state index in [1.54, 1.807) is 13.0 Å². The van der Waals surface area contributed by atoms with Gasteiger partial charge in [-0.1, -0.05) is 133 Å². The van der Waals surface area contributed by atoms with Gasteiger partial charge in [0.15, 0.2) is 0 Å². The van der Waals surface area contributed by atoms with Crippen LogP contribution in [-0.4, -0.2) is 80.5 Å². The minimum atomic E-state index is -4.40. The monoisotopic (exact) mass is 919 g/mol. The second-order valence-electron chi connectivity index (χ2n) is 16.8. The lowest BCUT2D eigenvalue weighted by Gasteiger charge is -2.26. The maximum atomic E-state index is 12.3. The highest BCUT2D eigenvalue weighted by atomic mass is 31.2. The molecule has 0 aliphatic carbocycles. The molecule has 364 valence electrons. The van der Waals surface area contributed by atoms with Crippen LogP contribution in [0.2, 0.25) is 0 Å². The van der Waals surface area contributed by atoms with Crippen molar-refractivity contribution < 1.29 is 47.2 Å². The average molecular weight is 919 g/mol. The van der Waals surface area contributed by atoms with Crippen molar-refractivity contribution in [2.24, 2.45) is 5.41 Å². The first-order valence-corrected chi connectivity index (χ1v) is 24.8. The van der Waals surface area contributed by atoms with Crippen molar-refractivity contribution in [3.05, 3.63) is 70.9 Å². The molecule has 64 heavy (non-hydrogen) atoms. The van der Waals surface area contributed by atoms with Crippen LogP contribution in [0.4, 0.5) is 0 Å². The van der Waals surface area contributed by atoms with Gasteiger partial charge in [-0.3, -0.25) is 33.0 Å². The Hall–Kier alpha value is -4.10. The first kappa shape index (κ1) is 59.9. The maximum Gasteiger partial charge on any atom is 0.472 e. The van der Waals surface area contributed by atoms with Crippen molar-refractivity contribution in [2.45, 2.75) is 158 Å². The van der Waals surface area contributed by atoms with Gasteiger partial charge in [0, 0.05) is 25.5 Å². The van der Waals surface area contributed by atoms with Gasteiger partial charge in [-0.25, -0.2) is 4.57 Å². The summed E-state index contributed by atoms with van der Waals surface area (Å²) in [7, 11) is -4.40. The molecule has 0 aromatic carbocycles. The van der Waals surface area contributed by atoms with E-state index in [9.17, 15) is 33.4 Å². The molecule has 0 aromatic heterocycles. The number of hydrogen-bond donors (Lipinski definition) is 5. The number of nitrogens with one attached hydrogen (secondary N) is 4. The predicted octanol–water partition coefficient (Wildman–Crippen LogP) is 9.33. The maximum absolute atomic E-state index is 12.3. The van der Waals surface area contributed by atoms with Crippen LogP contribution < -0.4 is 21.3 Å². The van der Waals surface area contributed by atoms with Crippen molar-refractivity contribution in [2.75, 3.05) is 46.0 Å². The van der Waals surface area contributed by atoms with Gasteiger partial charge in [-0.15, -0.1) is 0 Å². The highest BCUT2D eigenvalue weighted by Crippen LogP contribution is 2.42. The Kier molecular flexibility index (Phi) is 34.8. The van der Waals surface area contributed by atoms with Gasteiger partial charge < -0.3 is 30.9 Å². The summed E-state index contributed by atoms with van der Waals surface area (Å²) in [6.45, 7) is 15.1. The van der Waals surface area contributed by atoms with Crippen molar-refractivity contribution >= 4 is 37.4 Å². The summed E-state index contributed by atoms with van der Waals surface area (Å²) >= 11 is 0. The Morgan fingerprint density at radius 3 is 1.77 bits per heavy atom. The zero-order valence-electron chi connectivity index (χ0n) is 40.5. The van der Waals surface area contributed by atoms with Gasteiger partial charge in [0.1, 0.15) is 0 Å². The minimum absolute atomic E-state index is 0.0506. The van der Waals surface area contributed by atoms with E-state index >= 15 is 0 Å². The van der Waals surface area contributed by atoms with Crippen molar-refractivity contribution in [3.8, 4) is 0 Å². The highest BCUT2D eigenvalue weighted by molar-refractivity contribution is 7.47. The SMILES string of the molecule is CCCCCCCC/C=C\CCCCCCCC(=O)OCCCOP(=O)(O)OCCNC(=O)CNC(=O)CNC(=O)CNC(=O)/C=C(C)/C=C/C=C(C)/C=C/C(=C(C)C)C(C)(C)CC. The Balaban J connectivity index is 4.06. The Bertz CT molecular complexity index is 1630. The fourth-order valence-electron chi connectivity index (χ4n) is 6.13. The number of amides is 4. The van der Waals surface area contributed by atoms with Crippen LogP contribution in [0.5, 0.6) is 0 Å². The van der Waals surface area contributed by atoms with Crippen LogP contribution >= 0.6 is 7.82 Å². The predicted molar refractivity (Wildman–Crippen MR) is 257 cm³/mol. The third-order valence-corrected chi connectivity index (χ3v) is 11.2. The van der Waals surface area contributed by atoms with E-state index in [4.69, 9.17) is 13.8 Å². The number of unbranched alkanes of at least 4 members (excludes halogenated alkanes) is 11. The largest absolute Gasteiger partial charge is 0.472 e. The fraction of sp³-hybridized carbons (Fsp3) is 0.653. The molecule has 0 saturated heterocycles. The average Bonchev–Trinajstić information content (AvgIpc) is 3.23. The number of phosphoric acid groups is 1. The number of carbonyl (C=O) groups excluding carboxylic acids is 5. The molecule has 4 amide bonds. The van der Waals surface area contributed by atoms with Crippen molar-refractivity contribution in [3.63, 3.8) is 0 Å². The summed E-state index contributed by atoms with van der Waals surface area (Å²) in [6, 6.07) is 0. The molecular weight excluding hydrogens is 836 g/mol. The summed E-state index contributed by atoms with van der Waals surface area (Å²) in [5, 5.41) is 9.57. The van der Waals surface area contributed by atoms with Crippen LogP contribution in [-0.2, 0) is 42.3 Å². The lowest BCUT2D eigenvalue weighted by Crippen LogP contribution is -2.44. The zero-order chi connectivity index (χ0) is 48.1. The molecule has 0 rings (SSSR count). The molecule has 5 N–H and O–H groups in total. The number of rotatable bonds is 37. The molecule has 1 unspecified atom stereocenters. The van der Waals surface area contributed by atoms with Gasteiger partial charge in [0.05, 0.1) is 39.5 Å². The van der Waals surface area contributed by atoms with Gasteiger partial charge in [-0.2, -0.15) is 0 Å². The summed E-state index contributed by atoms with van der Waals surface area (Å²) < 4.78 is 27.0. The van der Waals surface area contributed by atoms with Gasteiger partial charge in [-0.05, 0) is 82.8 Å². The molecule has 0 fully saturated rings. The van der Waals surface area contributed by atoms with Crippen LogP contribution in [0.1, 0.15) is 158 Å². The summed E-state index contributed by atoms with van der Waals surface area (Å²) in [6.07, 6.45) is 32.7. The molecular formula is C49H83N4O10P. The standard InChI is InChI=1S/C49H83N4O10P/c1-9-11-12-13-14-15-16-17-18-19-20-21-22-23-24-29-48(58)61-33-26-34-62-64(59,60)63-35-32-50-45(55)37-52-47(57)39-53-46(56)38-51-44(54)36-42(6)28-25-27-41(5)30-31-43(40(3)4)49(7,8)10-2/h17-18,25,27-28,30-31,36H,9-16,19-24,26,29,32-35,37-39H2,1-8H3,(H,50,55)(H,51,54)(H,52,57)(H,53,56)(H,59,60)/b18-17-,28-25+,31-30+,41-27+,42-36+. The highest BCUT2D eigenvalue weighted by Gasteiger charge is 2.21. The molecule has 0 bridgehead atoms. The number of esters is 1. The molecule has 0 spiro atoms. The fourth-order valence-corrected chi connectivity index (χ4v) is 6.88. The first-order chi connectivity index (χ1) is 30.4. The molecule has 0 saturated carbocycles. The van der Waals surface area contributed by atoms with Gasteiger partial charge in [0.2, 0.25) is 23.6 Å². The van der Waals surface area contributed by atoms with E-state index in [2.05, 4.69) is 87.1 Å². The summed E-state index contributed by atoms with van der Waals surface area (Å²) in [5.74, 6) is -2.62. The third-order valence-electron chi connectivity index (χ3n) is 10.2. The van der Waals surface area contributed by atoms with Crippen LogP contribution in [0.15, 0.2) is 70.9 Å². The number of hydrogen-bond acceptors (Lipinski definition) is 9. The molecule has 1 atom stereocenters. The van der Waals surface area contributed by atoms with Crippen LogP contribution in [0.25, 0.3) is 0 Å². The van der Waals surface area contributed by atoms with E-state index in [1.165, 1.54) is 62.2 Å². The van der Waals surface area contributed by atoms with E-state index in [1.807, 2.05) is 19.1 Å². The van der Waals surface area contributed by atoms with Crippen molar-refractivity contribution in [1.82, 2.24) is 21.3 Å². The summed E-state index contributed by atoms with van der Waals surface area (Å²) in [5.41, 5.74) is 4.40. The summed E-state index contributed by atoms with van der Waals surface area (Å²) in [4.78, 5) is 70.4. The van der Waals surface area contributed by atoms with E-state index in [0.717, 1.165) is 50.5 Å². The molecule has 0 aromatic rings. The number of carbonyl (C=O) groups is 5. The van der Waals surface area contributed by atoms with E-state index < -0.39 is 44.5 Å². The second-order valence-corrected chi connectivity index (χ2v) is 18.3. The lowest BCUT2D eigenvalue weighted by molar-refractivity contribution is -0.144. The van der Waals surface area contributed by atoms with Crippen LogP contribution in [0, 0.1) is 5.41 Å². The Morgan fingerprint density at radius 2 is 1.17 bits per heavy atom. The van der Waals surface area contributed by atoms with Crippen molar-refractivity contribution in [1.29, 1.82) is 0 Å². The molecule has 0 aliphatic heterocycles. The van der Waals surface area contributed by atoms with E-state index in [0.29, 0.717) is 12.0 Å². The van der Waals surface area contributed by atoms with Gasteiger partial charge in [0.25, 0.3) is 0 Å². The second kappa shape index (κ2) is 37.2. The molecule has 15 heteroatoms. The van der Waals surface area contributed by atoms with E-state index in [-0.39, 0.29) is 50.7 Å². The Labute approximate surface area is 385 Å². The number of phosphoric ester groups is 1. The molecule has 0 heterocycles. The lowest BCUT2D eigenvalue weighted by atomic mass is 9.79. The smallest absolute Gasteiger partial charge is 0.466 e. The number of ether oxygens (including phenoxy) is 1. The number of allylic oxidation sites excluding steroid dienone is 11. The zero-order valence-corrected chi connectivity index (χ0v) is 41.3. The first-order valence-electron chi connectivity index (χ1n) is 23.3. The third kappa shape index (κ3) is 35.3. The van der Waals surface area contributed by atoms with Gasteiger partial charge >= 0.3 is 13.8 Å². The molecule has 14 nitrogen and oxygen atoms in total.